The van der Waals surface area contributed by atoms with Crippen molar-refractivity contribution in [1.82, 2.24) is 25.0 Å². The van der Waals surface area contributed by atoms with Crippen molar-refractivity contribution < 1.29 is 17.5 Å². The lowest BCUT2D eigenvalue weighted by molar-refractivity contribution is 0.218. The zero-order valence-corrected chi connectivity index (χ0v) is 19.8. The summed E-state index contributed by atoms with van der Waals surface area (Å²) in [5, 5.41) is 10.5. The first-order valence-electron chi connectivity index (χ1n) is 11.1. The molecule has 2 atom stereocenters. The second-order valence-electron chi connectivity index (χ2n) is 8.80. The Morgan fingerprint density at radius 2 is 1.97 bits per heavy atom. The minimum atomic E-state index is -3.78. The van der Waals surface area contributed by atoms with E-state index in [0.29, 0.717) is 31.1 Å². The Kier molecular flexibility index (Phi) is 6.00. The summed E-state index contributed by atoms with van der Waals surface area (Å²) in [4.78, 5) is 1.84. The van der Waals surface area contributed by atoms with Crippen molar-refractivity contribution in [2.45, 2.75) is 29.4 Å². The number of aryl methyl sites for hydroxylation is 1. The van der Waals surface area contributed by atoms with Gasteiger partial charge in [-0.3, -0.25) is 4.68 Å². The molecule has 1 aromatic heterocycles. The van der Waals surface area contributed by atoms with E-state index < -0.39 is 10.0 Å². The van der Waals surface area contributed by atoms with Gasteiger partial charge in [0.1, 0.15) is 18.2 Å². The van der Waals surface area contributed by atoms with E-state index in [1.54, 1.807) is 7.05 Å². The maximum Gasteiger partial charge on any atom is 0.261 e. The molecule has 34 heavy (non-hydrogen) atoms. The molecule has 3 aromatic rings. The average Bonchev–Trinajstić information content (AvgIpc) is 3.24. The first-order chi connectivity index (χ1) is 16.3. The molecular weight excluding hydrogens is 459 g/mol. The highest BCUT2D eigenvalue weighted by molar-refractivity contribution is 7.89. The lowest BCUT2D eigenvalue weighted by Gasteiger charge is -2.42. The Hall–Kier alpha value is -3.02. The van der Waals surface area contributed by atoms with E-state index in [4.69, 9.17) is 4.74 Å². The minimum absolute atomic E-state index is 0.0916. The summed E-state index contributed by atoms with van der Waals surface area (Å²) in [5.41, 5.74) is 2.61. The molecule has 0 saturated carbocycles. The van der Waals surface area contributed by atoms with Crippen LogP contribution in [0.15, 0.2) is 53.7 Å². The van der Waals surface area contributed by atoms with Crippen molar-refractivity contribution in [3.63, 3.8) is 0 Å². The fourth-order valence-electron chi connectivity index (χ4n) is 4.61. The molecule has 0 radical (unpaired) electrons. The van der Waals surface area contributed by atoms with Gasteiger partial charge in [-0.15, -0.1) is 5.10 Å². The summed E-state index contributed by atoms with van der Waals surface area (Å²) in [7, 11) is -0.269. The quantitative estimate of drug-likeness (QED) is 0.521. The van der Waals surface area contributed by atoms with Crippen molar-refractivity contribution in [2.24, 2.45) is 7.05 Å². The highest BCUT2D eigenvalue weighted by atomic mass is 32.2. The largest absolute Gasteiger partial charge is 0.492 e. The van der Waals surface area contributed by atoms with Crippen LogP contribution in [0.1, 0.15) is 17.0 Å². The molecule has 2 aliphatic heterocycles. The molecule has 2 aromatic carbocycles. The van der Waals surface area contributed by atoms with Crippen LogP contribution in [-0.4, -0.2) is 62.2 Å². The van der Waals surface area contributed by atoms with E-state index in [9.17, 15) is 8.42 Å². The van der Waals surface area contributed by atoms with E-state index in [1.165, 1.54) is 22.5 Å². The summed E-state index contributed by atoms with van der Waals surface area (Å²) in [6.45, 7) is 1.18. The van der Waals surface area contributed by atoms with Crippen LogP contribution in [-0.2, 0) is 23.5 Å². The molecule has 0 aliphatic carbocycles. The fraction of sp³-hybridized carbons (Fsp3) is 0.391. The normalized spacial score (nSPS) is 20.5. The Bertz CT molecular complexity index is 1280. The van der Waals surface area contributed by atoms with Crippen LogP contribution < -0.4 is 19.7 Å². The number of fused-ring (bicyclic) bond motifs is 1. The van der Waals surface area contributed by atoms with Gasteiger partial charge >= 0.3 is 0 Å². The number of sulfonamides is 1. The molecule has 3 heterocycles. The van der Waals surface area contributed by atoms with Crippen LogP contribution in [0.5, 0.6) is 5.75 Å². The smallest absolute Gasteiger partial charge is 0.261 e. The van der Waals surface area contributed by atoms with Crippen LogP contribution in [0.4, 0.5) is 10.1 Å². The van der Waals surface area contributed by atoms with Gasteiger partial charge in [0.15, 0.2) is 0 Å². The molecule has 0 bridgehead atoms. The number of hydrogen-bond donors (Lipinski definition) is 2. The van der Waals surface area contributed by atoms with Gasteiger partial charge in [-0.1, -0.05) is 35.5 Å². The van der Waals surface area contributed by atoms with E-state index in [2.05, 4.69) is 32.5 Å². The average molecular weight is 487 g/mol. The van der Waals surface area contributed by atoms with Gasteiger partial charge in [0, 0.05) is 43.7 Å². The third-order valence-electron chi connectivity index (χ3n) is 6.45. The maximum atomic E-state index is 15.0. The monoisotopic (exact) mass is 486 g/mol. The predicted octanol–water partition coefficient (Wildman–Crippen LogP) is 1.43. The van der Waals surface area contributed by atoms with Crippen LogP contribution in [0.2, 0.25) is 0 Å². The zero-order valence-electron chi connectivity index (χ0n) is 19.0. The van der Waals surface area contributed by atoms with Gasteiger partial charge in [-0.2, -0.15) is 0 Å². The Balaban J connectivity index is 1.34. The number of nitrogens with one attached hydrogen (secondary N) is 2. The Morgan fingerprint density at radius 1 is 1.21 bits per heavy atom. The number of benzene rings is 2. The molecule has 9 nitrogen and oxygen atoms in total. The fourth-order valence-corrected chi connectivity index (χ4v) is 5.76. The number of anilines is 1. The van der Waals surface area contributed by atoms with E-state index in [-0.39, 0.29) is 28.8 Å². The number of likely N-dealkylation sites (N-methyl/N-ethyl adjacent to an activating group) is 1. The SMILES string of the molecule is CN[C@@H]1COc2cc(F)c(N3CC(NS(=O)(=O)c4cn(C)nn4)C3)cc2[C@@H]1Cc1ccccc1. The minimum Gasteiger partial charge on any atom is -0.492 e. The molecule has 0 amide bonds. The third-order valence-corrected chi connectivity index (χ3v) is 7.83. The summed E-state index contributed by atoms with van der Waals surface area (Å²) in [5.74, 6) is 0.298. The lowest BCUT2D eigenvalue weighted by Crippen LogP contribution is -2.59. The van der Waals surface area contributed by atoms with Gasteiger partial charge < -0.3 is 15.0 Å². The molecule has 180 valence electrons. The number of aromatic nitrogens is 3. The number of halogens is 1. The van der Waals surface area contributed by atoms with Gasteiger partial charge in [0.2, 0.25) is 5.03 Å². The van der Waals surface area contributed by atoms with Gasteiger partial charge in [0.25, 0.3) is 10.0 Å². The predicted molar refractivity (Wildman–Crippen MR) is 125 cm³/mol. The summed E-state index contributed by atoms with van der Waals surface area (Å²) < 4.78 is 49.8. The van der Waals surface area contributed by atoms with Gasteiger partial charge in [-0.25, -0.2) is 17.5 Å². The second-order valence-corrected chi connectivity index (χ2v) is 10.5. The van der Waals surface area contributed by atoms with Crippen molar-refractivity contribution >= 4 is 15.7 Å². The van der Waals surface area contributed by atoms with Crippen LogP contribution in [0.25, 0.3) is 0 Å². The topological polar surface area (TPSA) is 101 Å². The third kappa shape index (κ3) is 4.38. The molecule has 1 fully saturated rings. The van der Waals surface area contributed by atoms with Crippen molar-refractivity contribution in [3.8, 4) is 5.75 Å². The van der Waals surface area contributed by atoms with Crippen LogP contribution in [0, 0.1) is 5.82 Å². The number of hydrogen-bond acceptors (Lipinski definition) is 7. The van der Waals surface area contributed by atoms with E-state index in [1.807, 2.05) is 36.2 Å². The van der Waals surface area contributed by atoms with Gasteiger partial charge in [-0.05, 0) is 25.1 Å². The maximum absolute atomic E-state index is 15.0. The van der Waals surface area contributed by atoms with E-state index >= 15 is 4.39 Å². The molecule has 2 aliphatic rings. The molecule has 11 heteroatoms. The molecular formula is C23H27FN6O3S. The standard InChI is InChI=1S/C23H27FN6O3S/c1-25-20-14-33-22-10-19(24)21(9-18(22)17(20)8-15-6-4-3-5-7-15)30-11-16(12-30)27-34(31,32)23-13-29(2)28-26-23/h3-7,9-10,13,16-17,20,25,27H,8,11-12,14H2,1-2H3/t17-,20+/m0/s1. The first-order valence-corrected chi connectivity index (χ1v) is 12.6. The van der Waals surface area contributed by atoms with Gasteiger partial charge in [0.05, 0.1) is 17.9 Å². The Labute approximate surface area is 198 Å². The Morgan fingerprint density at radius 3 is 2.65 bits per heavy atom. The van der Waals surface area contributed by atoms with Crippen molar-refractivity contribution in [2.75, 3.05) is 31.6 Å². The first kappa shape index (κ1) is 22.8. The number of ether oxygens (including phenoxy) is 1. The zero-order chi connectivity index (χ0) is 23.9. The van der Waals surface area contributed by atoms with Crippen molar-refractivity contribution in [1.29, 1.82) is 0 Å². The number of rotatable bonds is 7. The highest BCUT2D eigenvalue weighted by Gasteiger charge is 2.36. The summed E-state index contributed by atoms with van der Waals surface area (Å²) >= 11 is 0. The molecule has 0 spiro atoms. The summed E-state index contributed by atoms with van der Waals surface area (Å²) in [6.07, 6.45) is 2.14. The highest BCUT2D eigenvalue weighted by Crippen LogP contribution is 2.40. The molecule has 1 saturated heterocycles. The second kappa shape index (κ2) is 8.97. The lowest BCUT2D eigenvalue weighted by atomic mass is 9.83. The van der Waals surface area contributed by atoms with Crippen LogP contribution >= 0.6 is 0 Å². The van der Waals surface area contributed by atoms with Crippen molar-refractivity contribution in [3.05, 3.63) is 65.6 Å². The molecule has 5 rings (SSSR count). The van der Waals surface area contributed by atoms with Crippen LogP contribution in [0.3, 0.4) is 0 Å². The molecule has 0 unspecified atom stereocenters. The van der Waals surface area contributed by atoms with E-state index in [0.717, 1.165) is 12.0 Å². The molecule has 2 N–H and O–H groups in total. The number of nitrogens with zero attached hydrogens (tertiary/aromatic N) is 4. The summed E-state index contributed by atoms with van der Waals surface area (Å²) in [6, 6.07) is 13.3.